The van der Waals surface area contributed by atoms with E-state index in [4.69, 9.17) is 0 Å². The number of aldehydes is 1. The maximum absolute atomic E-state index is 11.1. The predicted octanol–water partition coefficient (Wildman–Crippen LogP) is 3.92. The first kappa shape index (κ1) is 13.1. The minimum Gasteiger partial charge on any atom is -0.366 e. The molecule has 0 spiro atoms. The van der Waals surface area contributed by atoms with Crippen LogP contribution >= 0.6 is 0 Å². The first-order valence-corrected chi connectivity index (χ1v) is 6.78. The van der Waals surface area contributed by atoms with Crippen LogP contribution in [0.2, 0.25) is 0 Å². The molecular formula is C16H23NO. The molecule has 0 N–H and O–H groups in total. The highest BCUT2D eigenvalue weighted by Crippen LogP contribution is 2.43. The number of hydrogen-bond donors (Lipinski definition) is 0. The van der Waals surface area contributed by atoms with E-state index in [2.05, 4.69) is 44.7 Å². The van der Waals surface area contributed by atoms with Gasteiger partial charge in [-0.1, -0.05) is 6.92 Å². The van der Waals surface area contributed by atoms with Crippen molar-refractivity contribution in [3.8, 4) is 0 Å². The van der Waals surface area contributed by atoms with Gasteiger partial charge < -0.3 is 4.90 Å². The minimum atomic E-state index is 0.191. The molecule has 0 aliphatic carbocycles. The Kier molecular flexibility index (Phi) is 3.22. The van der Waals surface area contributed by atoms with E-state index < -0.39 is 0 Å². The van der Waals surface area contributed by atoms with Crippen LogP contribution in [0.3, 0.4) is 0 Å². The first-order valence-electron chi connectivity index (χ1n) is 6.78. The van der Waals surface area contributed by atoms with Gasteiger partial charge in [0.1, 0.15) is 6.29 Å². The van der Waals surface area contributed by atoms with Gasteiger partial charge in [0.2, 0.25) is 0 Å². The zero-order valence-electron chi connectivity index (χ0n) is 12.1. The topological polar surface area (TPSA) is 20.3 Å². The molecule has 2 rings (SSSR count). The molecule has 1 atom stereocenters. The Hall–Kier alpha value is -1.31. The molecule has 18 heavy (non-hydrogen) atoms. The van der Waals surface area contributed by atoms with Gasteiger partial charge in [-0.25, -0.2) is 0 Å². The summed E-state index contributed by atoms with van der Waals surface area (Å²) in [4.78, 5) is 13.5. The fourth-order valence-corrected chi connectivity index (χ4v) is 3.38. The second kappa shape index (κ2) is 4.42. The standard InChI is InChI=1S/C16H23NO/c1-6-17-15-7-11(2)13(10-18)8-14(15)12(3)9-16(17,4)5/h7-8,10,12H,6,9H2,1-5H3/t12-/m0/s1. The Balaban J connectivity index is 2.62. The molecule has 0 aromatic heterocycles. The van der Waals surface area contributed by atoms with Crippen molar-refractivity contribution in [3.63, 3.8) is 0 Å². The summed E-state index contributed by atoms with van der Waals surface area (Å²) in [5.41, 5.74) is 4.73. The summed E-state index contributed by atoms with van der Waals surface area (Å²) in [6.07, 6.45) is 2.10. The highest BCUT2D eigenvalue weighted by atomic mass is 16.1. The van der Waals surface area contributed by atoms with Crippen LogP contribution in [0.15, 0.2) is 12.1 Å². The number of aryl methyl sites for hydroxylation is 1. The van der Waals surface area contributed by atoms with E-state index in [0.717, 1.165) is 30.4 Å². The van der Waals surface area contributed by atoms with Crippen LogP contribution in [0.5, 0.6) is 0 Å². The zero-order chi connectivity index (χ0) is 13.5. The molecule has 0 amide bonds. The maximum atomic E-state index is 11.1. The summed E-state index contributed by atoms with van der Waals surface area (Å²) in [6, 6.07) is 4.26. The molecule has 0 saturated heterocycles. The van der Waals surface area contributed by atoms with E-state index >= 15 is 0 Å². The van der Waals surface area contributed by atoms with E-state index in [1.165, 1.54) is 11.3 Å². The molecule has 2 nitrogen and oxygen atoms in total. The average Bonchev–Trinajstić information content (AvgIpc) is 2.27. The maximum Gasteiger partial charge on any atom is 0.150 e. The quantitative estimate of drug-likeness (QED) is 0.736. The summed E-state index contributed by atoms with van der Waals surface area (Å²) in [5.74, 6) is 0.511. The predicted molar refractivity (Wildman–Crippen MR) is 76.7 cm³/mol. The van der Waals surface area contributed by atoms with Crippen molar-refractivity contribution < 1.29 is 4.79 Å². The number of fused-ring (bicyclic) bond motifs is 1. The van der Waals surface area contributed by atoms with Gasteiger partial charge in [0.05, 0.1) is 0 Å². The van der Waals surface area contributed by atoms with Gasteiger partial charge in [0, 0.05) is 23.3 Å². The van der Waals surface area contributed by atoms with Crippen LogP contribution in [-0.4, -0.2) is 18.4 Å². The normalized spacial score (nSPS) is 21.6. The average molecular weight is 245 g/mol. The van der Waals surface area contributed by atoms with Gasteiger partial charge in [0.25, 0.3) is 0 Å². The Bertz CT molecular complexity index is 476. The summed E-state index contributed by atoms with van der Waals surface area (Å²) in [5, 5.41) is 0. The van der Waals surface area contributed by atoms with Gasteiger partial charge in [-0.2, -0.15) is 0 Å². The second-order valence-electron chi connectivity index (χ2n) is 6.05. The Labute approximate surface area is 110 Å². The lowest BCUT2D eigenvalue weighted by Crippen LogP contribution is -2.48. The number of rotatable bonds is 2. The van der Waals surface area contributed by atoms with Crippen LogP contribution in [0.25, 0.3) is 0 Å². The molecule has 1 heterocycles. The smallest absolute Gasteiger partial charge is 0.150 e. The van der Waals surface area contributed by atoms with E-state index in [-0.39, 0.29) is 5.54 Å². The molecule has 0 radical (unpaired) electrons. The minimum absolute atomic E-state index is 0.191. The third kappa shape index (κ3) is 1.94. The third-order valence-corrected chi connectivity index (χ3v) is 4.22. The first-order chi connectivity index (χ1) is 8.40. The monoisotopic (exact) mass is 245 g/mol. The summed E-state index contributed by atoms with van der Waals surface area (Å²) >= 11 is 0. The van der Waals surface area contributed by atoms with Crippen molar-refractivity contribution >= 4 is 12.0 Å². The number of nitrogens with zero attached hydrogens (tertiary/aromatic N) is 1. The molecule has 0 fully saturated rings. The Morgan fingerprint density at radius 1 is 1.44 bits per heavy atom. The molecule has 1 aromatic carbocycles. The molecule has 0 saturated carbocycles. The lowest BCUT2D eigenvalue weighted by atomic mass is 9.79. The molecular weight excluding hydrogens is 222 g/mol. The van der Waals surface area contributed by atoms with Crippen LogP contribution in [0, 0.1) is 6.92 Å². The van der Waals surface area contributed by atoms with Crippen molar-refractivity contribution in [2.75, 3.05) is 11.4 Å². The zero-order valence-corrected chi connectivity index (χ0v) is 12.1. The molecule has 1 aliphatic heterocycles. The lowest BCUT2D eigenvalue weighted by molar-refractivity contribution is 0.112. The number of carbonyl (C=O) groups excluding carboxylic acids is 1. The SMILES string of the molecule is CCN1c2cc(C)c(C=O)cc2[C@@H](C)CC1(C)C. The van der Waals surface area contributed by atoms with Gasteiger partial charge in [-0.05, 0) is 63.3 Å². The van der Waals surface area contributed by atoms with Crippen molar-refractivity contribution in [2.24, 2.45) is 0 Å². The molecule has 98 valence electrons. The molecule has 0 unspecified atom stereocenters. The van der Waals surface area contributed by atoms with E-state index in [0.29, 0.717) is 5.92 Å². The molecule has 1 aromatic rings. The fourth-order valence-electron chi connectivity index (χ4n) is 3.38. The highest BCUT2D eigenvalue weighted by molar-refractivity contribution is 5.80. The number of carbonyl (C=O) groups is 1. The number of anilines is 1. The van der Waals surface area contributed by atoms with Crippen LogP contribution in [0.4, 0.5) is 5.69 Å². The molecule has 1 aliphatic rings. The lowest BCUT2D eigenvalue weighted by Gasteiger charge is -2.47. The van der Waals surface area contributed by atoms with Crippen LogP contribution in [-0.2, 0) is 0 Å². The van der Waals surface area contributed by atoms with Gasteiger partial charge in [-0.15, -0.1) is 0 Å². The van der Waals surface area contributed by atoms with E-state index in [1.54, 1.807) is 0 Å². The highest BCUT2D eigenvalue weighted by Gasteiger charge is 2.35. The van der Waals surface area contributed by atoms with Gasteiger partial charge >= 0.3 is 0 Å². The van der Waals surface area contributed by atoms with Crippen molar-refractivity contribution in [1.82, 2.24) is 0 Å². The van der Waals surface area contributed by atoms with E-state index in [9.17, 15) is 4.79 Å². The summed E-state index contributed by atoms with van der Waals surface area (Å²) in [6.45, 7) is 12.1. The van der Waals surface area contributed by atoms with Gasteiger partial charge in [-0.3, -0.25) is 4.79 Å². The Morgan fingerprint density at radius 3 is 2.67 bits per heavy atom. The number of hydrogen-bond acceptors (Lipinski definition) is 2. The molecule has 2 heteroatoms. The van der Waals surface area contributed by atoms with Crippen molar-refractivity contribution in [2.45, 2.75) is 52.5 Å². The van der Waals surface area contributed by atoms with Crippen LogP contribution < -0.4 is 4.90 Å². The third-order valence-electron chi connectivity index (χ3n) is 4.22. The largest absolute Gasteiger partial charge is 0.366 e. The van der Waals surface area contributed by atoms with E-state index in [1.807, 2.05) is 6.92 Å². The van der Waals surface area contributed by atoms with Crippen molar-refractivity contribution in [1.29, 1.82) is 0 Å². The second-order valence-corrected chi connectivity index (χ2v) is 6.05. The van der Waals surface area contributed by atoms with Gasteiger partial charge in [0.15, 0.2) is 0 Å². The van der Waals surface area contributed by atoms with Crippen molar-refractivity contribution in [3.05, 3.63) is 28.8 Å². The summed E-state index contributed by atoms with van der Waals surface area (Å²) in [7, 11) is 0. The molecule has 0 bridgehead atoms. The fraction of sp³-hybridized carbons (Fsp3) is 0.562. The summed E-state index contributed by atoms with van der Waals surface area (Å²) < 4.78 is 0. The number of benzene rings is 1. The van der Waals surface area contributed by atoms with Crippen LogP contribution in [0.1, 0.15) is 61.5 Å². The Morgan fingerprint density at radius 2 is 2.11 bits per heavy atom.